The molecule has 0 aromatic carbocycles. The van der Waals surface area contributed by atoms with Gasteiger partial charge >= 0.3 is 0 Å². The van der Waals surface area contributed by atoms with Crippen LogP contribution in [0.4, 0.5) is 0 Å². The maximum Gasteiger partial charge on any atom is 0.192 e. The Morgan fingerprint density at radius 3 is 2.00 bits per heavy atom. The van der Waals surface area contributed by atoms with Crippen LogP contribution in [0.15, 0.2) is 0 Å². The van der Waals surface area contributed by atoms with Gasteiger partial charge in [-0.1, -0.05) is 34.1 Å². The van der Waals surface area contributed by atoms with Gasteiger partial charge in [0.25, 0.3) is 0 Å². The summed E-state index contributed by atoms with van der Waals surface area (Å²) in [5.41, 5.74) is 0. The predicted octanol–water partition coefficient (Wildman–Crippen LogP) is 5.02. The molecule has 0 fully saturated rings. The molecule has 0 heterocycles. The SMILES string of the molecule is CCC[C@@H](Cl)[C@H](Cl)CO[Si](C)(C)C(C)(C)C. The molecular formula is C12H26Cl2OSi. The third-order valence-electron chi connectivity index (χ3n) is 3.37. The summed E-state index contributed by atoms with van der Waals surface area (Å²) < 4.78 is 6.05. The number of halogens is 2. The van der Waals surface area contributed by atoms with Crippen LogP contribution in [0.5, 0.6) is 0 Å². The maximum absolute atomic E-state index is 6.23. The highest BCUT2D eigenvalue weighted by Crippen LogP contribution is 2.37. The van der Waals surface area contributed by atoms with Crippen molar-refractivity contribution in [1.29, 1.82) is 0 Å². The van der Waals surface area contributed by atoms with Crippen molar-refractivity contribution in [2.75, 3.05) is 6.61 Å². The van der Waals surface area contributed by atoms with Crippen LogP contribution in [0.25, 0.3) is 0 Å². The van der Waals surface area contributed by atoms with Crippen molar-refractivity contribution < 1.29 is 4.43 Å². The molecule has 0 aliphatic carbocycles. The van der Waals surface area contributed by atoms with Gasteiger partial charge in [0.05, 0.1) is 17.4 Å². The fraction of sp³-hybridized carbons (Fsp3) is 1.00. The number of rotatable bonds is 6. The third-order valence-corrected chi connectivity index (χ3v) is 8.95. The molecule has 2 atom stereocenters. The molecule has 0 N–H and O–H groups in total. The molecule has 0 rings (SSSR count). The second-order valence-electron chi connectivity index (χ2n) is 5.89. The molecule has 0 aliphatic rings. The Balaban J connectivity index is 4.14. The van der Waals surface area contributed by atoms with E-state index in [0.29, 0.717) is 6.61 Å². The van der Waals surface area contributed by atoms with Gasteiger partial charge in [0, 0.05) is 0 Å². The smallest absolute Gasteiger partial charge is 0.192 e. The van der Waals surface area contributed by atoms with Gasteiger partial charge < -0.3 is 4.43 Å². The van der Waals surface area contributed by atoms with E-state index in [1.165, 1.54) is 0 Å². The second-order valence-corrected chi connectivity index (χ2v) is 11.8. The number of alkyl halides is 2. The lowest BCUT2D eigenvalue weighted by Crippen LogP contribution is -2.43. The fourth-order valence-electron chi connectivity index (χ4n) is 1.07. The van der Waals surface area contributed by atoms with Crippen LogP contribution < -0.4 is 0 Å². The van der Waals surface area contributed by atoms with Crippen molar-refractivity contribution in [3.8, 4) is 0 Å². The standard InChI is InChI=1S/C12H26Cl2OSi/c1-7-8-10(13)11(14)9-15-16(5,6)12(2,3)4/h10-11H,7-9H2,1-6H3/t10-,11-/m1/s1. The fourth-order valence-corrected chi connectivity index (χ4v) is 2.68. The largest absolute Gasteiger partial charge is 0.415 e. The molecule has 1 nitrogen and oxygen atoms in total. The average Bonchev–Trinajstić information content (AvgIpc) is 2.12. The first kappa shape index (κ1) is 16.8. The Bertz CT molecular complexity index is 202. The Kier molecular flexibility index (Phi) is 6.94. The summed E-state index contributed by atoms with van der Waals surface area (Å²) in [5.74, 6) is 0. The van der Waals surface area contributed by atoms with Crippen molar-refractivity contribution in [1.82, 2.24) is 0 Å². The van der Waals surface area contributed by atoms with Crippen LogP contribution in [0.1, 0.15) is 40.5 Å². The molecule has 98 valence electrons. The van der Waals surface area contributed by atoms with Gasteiger partial charge in [0.15, 0.2) is 8.32 Å². The third kappa shape index (κ3) is 5.39. The van der Waals surface area contributed by atoms with E-state index < -0.39 is 8.32 Å². The highest BCUT2D eigenvalue weighted by Gasteiger charge is 2.37. The van der Waals surface area contributed by atoms with Crippen molar-refractivity contribution in [3.05, 3.63) is 0 Å². The molecule has 0 bridgehead atoms. The van der Waals surface area contributed by atoms with E-state index >= 15 is 0 Å². The van der Waals surface area contributed by atoms with Gasteiger partial charge in [-0.2, -0.15) is 0 Å². The number of hydrogen-bond donors (Lipinski definition) is 0. The Labute approximate surface area is 112 Å². The zero-order valence-corrected chi connectivity index (χ0v) is 14.0. The quantitative estimate of drug-likeness (QED) is 0.491. The van der Waals surface area contributed by atoms with E-state index in [9.17, 15) is 0 Å². The van der Waals surface area contributed by atoms with Gasteiger partial charge in [-0.15, -0.1) is 23.2 Å². The van der Waals surface area contributed by atoms with E-state index in [-0.39, 0.29) is 15.8 Å². The van der Waals surface area contributed by atoms with E-state index in [1.807, 2.05) is 0 Å². The van der Waals surface area contributed by atoms with Crippen LogP contribution in [0.3, 0.4) is 0 Å². The van der Waals surface area contributed by atoms with E-state index in [1.54, 1.807) is 0 Å². The highest BCUT2D eigenvalue weighted by molar-refractivity contribution is 6.74. The Morgan fingerprint density at radius 1 is 1.12 bits per heavy atom. The number of hydrogen-bond acceptors (Lipinski definition) is 1. The van der Waals surface area contributed by atoms with E-state index in [2.05, 4.69) is 40.8 Å². The Hall–Kier alpha value is 0.757. The topological polar surface area (TPSA) is 9.23 Å². The summed E-state index contributed by atoms with van der Waals surface area (Å²) in [4.78, 5) is 0. The van der Waals surface area contributed by atoms with Crippen molar-refractivity contribution in [3.63, 3.8) is 0 Å². The summed E-state index contributed by atoms with van der Waals surface area (Å²) in [6.45, 7) is 13.9. The maximum atomic E-state index is 6.23. The van der Waals surface area contributed by atoms with Crippen molar-refractivity contribution in [2.24, 2.45) is 0 Å². The lowest BCUT2D eigenvalue weighted by atomic mass is 10.2. The summed E-state index contributed by atoms with van der Waals surface area (Å²) >= 11 is 12.4. The van der Waals surface area contributed by atoms with Gasteiger partial charge in [-0.25, -0.2) is 0 Å². The molecule has 4 heteroatoms. The zero-order chi connectivity index (χ0) is 13.0. The minimum atomic E-state index is -1.68. The predicted molar refractivity (Wildman–Crippen MR) is 77.3 cm³/mol. The molecule has 16 heavy (non-hydrogen) atoms. The molecule has 0 radical (unpaired) electrons. The minimum absolute atomic E-state index is 0.0245. The second kappa shape index (κ2) is 6.63. The molecule has 0 aromatic rings. The molecule has 0 saturated carbocycles. The van der Waals surface area contributed by atoms with Crippen LogP contribution in [0.2, 0.25) is 18.1 Å². The normalized spacial score (nSPS) is 17.2. The van der Waals surface area contributed by atoms with Gasteiger partial charge in [0.1, 0.15) is 0 Å². The lowest BCUT2D eigenvalue weighted by Gasteiger charge is -2.37. The molecule has 0 saturated heterocycles. The molecular weight excluding hydrogens is 259 g/mol. The highest BCUT2D eigenvalue weighted by atomic mass is 35.5. The van der Waals surface area contributed by atoms with Crippen molar-refractivity contribution in [2.45, 2.75) is 69.4 Å². The van der Waals surface area contributed by atoms with Crippen LogP contribution >= 0.6 is 23.2 Å². The minimum Gasteiger partial charge on any atom is -0.415 e. The summed E-state index contributed by atoms with van der Waals surface area (Å²) in [5, 5.41) is 0.183. The first-order chi connectivity index (χ1) is 7.12. The zero-order valence-electron chi connectivity index (χ0n) is 11.4. The molecule has 0 amide bonds. The van der Waals surface area contributed by atoms with Crippen LogP contribution in [0, 0.1) is 0 Å². The molecule has 0 aromatic heterocycles. The van der Waals surface area contributed by atoms with Gasteiger partial charge in [-0.05, 0) is 24.6 Å². The molecule has 0 spiro atoms. The van der Waals surface area contributed by atoms with Crippen LogP contribution in [-0.4, -0.2) is 25.7 Å². The lowest BCUT2D eigenvalue weighted by molar-refractivity contribution is 0.282. The molecule has 0 unspecified atom stereocenters. The summed E-state index contributed by atoms with van der Waals surface area (Å²) in [6.07, 6.45) is 2.02. The first-order valence-electron chi connectivity index (χ1n) is 6.04. The van der Waals surface area contributed by atoms with Crippen molar-refractivity contribution >= 4 is 31.5 Å². The summed E-state index contributed by atoms with van der Waals surface area (Å²) in [7, 11) is -1.68. The van der Waals surface area contributed by atoms with Crippen LogP contribution in [-0.2, 0) is 4.43 Å². The van der Waals surface area contributed by atoms with E-state index in [4.69, 9.17) is 27.6 Å². The molecule has 0 aliphatic heterocycles. The Morgan fingerprint density at radius 2 is 1.62 bits per heavy atom. The van der Waals surface area contributed by atoms with Gasteiger partial charge in [-0.3, -0.25) is 0 Å². The van der Waals surface area contributed by atoms with E-state index in [0.717, 1.165) is 12.8 Å². The monoisotopic (exact) mass is 284 g/mol. The van der Waals surface area contributed by atoms with Gasteiger partial charge in [0.2, 0.25) is 0 Å². The first-order valence-corrected chi connectivity index (χ1v) is 9.82. The average molecular weight is 285 g/mol. The summed E-state index contributed by atoms with van der Waals surface area (Å²) in [6, 6.07) is 0.